The van der Waals surface area contributed by atoms with Crippen LogP contribution in [0.15, 0.2) is 23.1 Å². The van der Waals surface area contributed by atoms with Gasteiger partial charge in [-0.25, -0.2) is 8.42 Å². The van der Waals surface area contributed by atoms with E-state index in [1.54, 1.807) is 30.9 Å². The van der Waals surface area contributed by atoms with Crippen LogP contribution in [-0.2, 0) is 30.8 Å². The predicted octanol–water partition coefficient (Wildman–Crippen LogP) is 0.854. The van der Waals surface area contributed by atoms with E-state index in [0.29, 0.717) is 57.1 Å². The lowest BCUT2D eigenvalue weighted by molar-refractivity contribution is -0.137. The van der Waals surface area contributed by atoms with Crippen molar-refractivity contribution in [2.24, 2.45) is 0 Å². The largest absolute Gasteiger partial charge is 0.378 e. The van der Waals surface area contributed by atoms with Gasteiger partial charge in [0.1, 0.15) is 6.04 Å². The molecule has 1 saturated heterocycles. The van der Waals surface area contributed by atoms with Gasteiger partial charge in [0.25, 0.3) is 0 Å². The zero-order valence-electron chi connectivity index (χ0n) is 16.6. The van der Waals surface area contributed by atoms with E-state index >= 15 is 0 Å². The smallest absolute Gasteiger partial charge is 0.246 e. The number of fused-ring (bicyclic) bond motifs is 1. The van der Waals surface area contributed by atoms with E-state index in [1.807, 2.05) is 0 Å². The first kappa shape index (κ1) is 20.8. The maximum absolute atomic E-state index is 13.0. The first-order chi connectivity index (χ1) is 13.3. The van der Waals surface area contributed by atoms with Crippen LogP contribution in [0.5, 0.6) is 0 Å². The Morgan fingerprint density at radius 2 is 1.82 bits per heavy atom. The van der Waals surface area contributed by atoms with Crippen LogP contribution in [0.1, 0.15) is 26.3 Å². The van der Waals surface area contributed by atoms with Crippen LogP contribution in [-0.4, -0.2) is 74.9 Å². The number of hydrogen-bond donors (Lipinski definition) is 0. The summed E-state index contributed by atoms with van der Waals surface area (Å²) in [5, 5.41) is 0. The molecule has 154 valence electrons. The van der Waals surface area contributed by atoms with E-state index in [1.165, 1.54) is 22.2 Å². The van der Waals surface area contributed by atoms with Gasteiger partial charge in [-0.05, 0) is 23.8 Å². The minimum absolute atomic E-state index is 0.122. The summed E-state index contributed by atoms with van der Waals surface area (Å²) in [6, 6.07) is 4.12. The second-order valence-electron chi connectivity index (χ2n) is 6.93. The summed E-state index contributed by atoms with van der Waals surface area (Å²) < 4.78 is 32.3. The molecule has 0 radical (unpaired) electrons. The second kappa shape index (κ2) is 8.18. The number of ether oxygens (including phenoxy) is 1. The molecule has 2 amide bonds. The van der Waals surface area contributed by atoms with Crippen molar-refractivity contribution in [3.8, 4) is 0 Å². The number of carbonyl (C=O) groups is 2. The molecule has 0 aliphatic carbocycles. The van der Waals surface area contributed by atoms with Gasteiger partial charge in [0, 0.05) is 45.2 Å². The van der Waals surface area contributed by atoms with Gasteiger partial charge in [-0.2, -0.15) is 4.31 Å². The SMILES string of the molecule is CCN(CC)S(=O)(=O)c1ccc2c(c1)CC(C(=O)N1CCOCC1)N2C(C)=O. The summed E-state index contributed by atoms with van der Waals surface area (Å²) in [5.74, 6) is -0.354. The third-order valence-electron chi connectivity index (χ3n) is 5.33. The van der Waals surface area contributed by atoms with E-state index < -0.39 is 16.1 Å². The van der Waals surface area contributed by atoms with Crippen molar-refractivity contribution in [2.45, 2.75) is 38.1 Å². The molecule has 0 bridgehead atoms. The fraction of sp³-hybridized carbons (Fsp3) is 0.579. The van der Waals surface area contributed by atoms with Crippen molar-refractivity contribution in [1.82, 2.24) is 9.21 Å². The third-order valence-corrected chi connectivity index (χ3v) is 7.37. The highest BCUT2D eigenvalue weighted by Gasteiger charge is 2.40. The van der Waals surface area contributed by atoms with Crippen molar-refractivity contribution in [2.75, 3.05) is 44.3 Å². The normalized spacial score (nSPS) is 19.8. The molecule has 9 heteroatoms. The molecule has 3 rings (SSSR count). The molecule has 28 heavy (non-hydrogen) atoms. The Morgan fingerprint density at radius 1 is 1.18 bits per heavy atom. The topological polar surface area (TPSA) is 87.2 Å². The molecule has 0 aromatic heterocycles. The highest BCUT2D eigenvalue weighted by atomic mass is 32.2. The number of rotatable bonds is 5. The van der Waals surface area contributed by atoms with Crippen LogP contribution in [0, 0.1) is 0 Å². The average molecular weight is 410 g/mol. The highest BCUT2D eigenvalue weighted by Crippen LogP contribution is 2.35. The number of anilines is 1. The van der Waals surface area contributed by atoms with Crippen molar-refractivity contribution < 1.29 is 22.7 Å². The van der Waals surface area contributed by atoms with E-state index in [4.69, 9.17) is 4.74 Å². The lowest BCUT2D eigenvalue weighted by atomic mass is 10.1. The molecule has 1 fully saturated rings. The Hall–Kier alpha value is -1.97. The van der Waals surface area contributed by atoms with Crippen LogP contribution in [0.4, 0.5) is 5.69 Å². The maximum atomic E-state index is 13.0. The molecule has 1 atom stereocenters. The Balaban J connectivity index is 1.93. The standard InChI is InChI=1S/C19H27N3O5S/c1-4-21(5-2)28(25,26)16-6-7-17-15(12-16)13-18(22(17)14(3)23)19(24)20-8-10-27-11-9-20/h6-7,12,18H,4-5,8-11,13H2,1-3H3. The zero-order chi connectivity index (χ0) is 20.5. The lowest BCUT2D eigenvalue weighted by Crippen LogP contribution is -2.52. The fourth-order valence-electron chi connectivity index (χ4n) is 3.88. The fourth-order valence-corrected chi connectivity index (χ4v) is 5.39. The quantitative estimate of drug-likeness (QED) is 0.720. The molecule has 0 saturated carbocycles. The molecule has 2 aliphatic heterocycles. The Labute approximate surface area is 166 Å². The maximum Gasteiger partial charge on any atom is 0.246 e. The van der Waals surface area contributed by atoms with Gasteiger partial charge in [-0.1, -0.05) is 13.8 Å². The van der Waals surface area contributed by atoms with Crippen molar-refractivity contribution in [3.05, 3.63) is 23.8 Å². The number of hydrogen-bond acceptors (Lipinski definition) is 5. The molecular weight excluding hydrogens is 382 g/mol. The summed E-state index contributed by atoms with van der Waals surface area (Å²) >= 11 is 0. The Kier molecular flexibility index (Phi) is 6.07. The molecule has 2 heterocycles. The lowest BCUT2D eigenvalue weighted by Gasteiger charge is -2.32. The van der Waals surface area contributed by atoms with E-state index in [9.17, 15) is 18.0 Å². The van der Waals surface area contributed by atoms with Crippen LogP contribution in [0.3, 0.4) is 0 Å². The van der Waals surface area contributed by atoms with E-state index in [-0.39, 0.29) is 16.7 Å². The van der Waals surface area contributed by atoms with Gasteiger partial charge < -0.3 is 9.64 Å². The average Bonchev–Trinajstić information content (AvgIpc) is 3.07. The Morgan fingerprint density at radius 3 is 2.39 bits per heavy atom. The number of nitrogens with zero attached hydrogens (tertiary/aromatic N) is 3. The molecule has 1 aromatic carbocycles. The minimum atomic E-state index is -3.60. The number of benzene rings is 1. The molecule has 8 nitrogen and oxygen atoms in total. The monoisotopic (exact) mass is 409 g/mol. The number of morpholine rings is 1. The minimum Gasteiger partial charge on any atom is -0.378 e. The Bertz CT molecular complexity index is 860. The van der Waals surface area contributed by atoms with Crippen molar-refractivity contribution in [1.29, 1.82) is 0 Å². The number of amides is 2. The summed E-state index contributed by atoms with van der Waals surface area (Å²) in [7, 11) is -3.60. The molecule has 0 spiro atoms. The van der Waals surface area contributed by atoms with Gasteiger partial charge in [0.05, 0.1) is 18.1 Å². The van der Waals surface area contributed by atoms with Crippen LogP contribution < -0.4 is 4.90 Å². The van der Waals surface area contributed by atoms with E-state index in [0.717, 1.165) is 0 Å². The van der Waals surface area contributed by atoms with Gasteiger partial charge >= 0.3 is 0 Å². The molecule has 1 unspecified atom stereocenters. The summed E-state index contributed by atoms with van der Waals surface area (Å²) in [4.78, 5) is 28.7. The van der Waals surface area contributed by atoms with Crippen molar-refractivity contribution in [3.63, 3.8) is 0 Å². The summed E-state index contributed by atoms with van der Waals surface area (Å²) in [6.07, 6.45) is 0.312. The number of sulfonamides is 1. The molecular formula is C19H27N3O5S. The van der Waals surface area contributed by atoms with E-state index in [2.05, 4.69) is 0 Å². The molecule has 1 aromatic rings. The predicted molar refractivity (Wildman–Crippen MR) is 105 cm³/mol. The first-order valence-electron chi connectivity index (χ1n) is 9.60. The van der Waals surface area contributed by atoms with Gasteiger partial charge in [0.2, 0.25) is 21.8 Å². The first-order valence-corrected chi connectivity index (χ1v) is 11.0. The van der Waals surface area contributed by atoms with Crippen LogP contribution in [0.2, 0.25) is 0 Å². The highest BCUT2D eigenvalue weighted by molar-refractivity contribution is 7.89. The van der Waals surface area contributed by atoms with Crippen molar-refractivity contribution >= 4 is 27.5 Å². The van der Waals surface area contributed by atoms with Crippen LogP contribution in [0.25, 0.3) is 0 Å². The van der Waals surface area contributed by atoms with Gasteiger partial charge in [0.15, 0.2) is 0 Å². The van der Waals surface area contributed by atoms with Gasteiger partial charge in [-0.3, -0.25) is 14.5 Å². The molecule has 0 N–H and O–H groups in total. The van der Waals surface area contributed by atoms with Crippen LogP contribution >= 0.6 is 0 Å². The second-order valence-corrected chi connectivity index (χ2v) is 8.86. The number of carbonyl (C=O) groups excluding carboxylic acids is 2. The zero-order valence-corrected chi connectivity index (χ0v) is 17.4. The summed E-state index contributed by atoms with van der Waals surface area (Å²) in [6.45, 7) is 7.75. The summed E-state index contributed by atoms with van der Waals surface area (Å²) in [5.41, 5.74) is 1.31. The van der Waals surface area contributed by atoms with Gasteiger partial charge in [-0.15, -0.1) is 0 Å². The molecule has 2 aliphatic rings. The third kappa shape index (κ3) is 3.66.